The maximum atomic E-state index is 11.6. The summed E-state index contributed by atoms with van der Waals surface area (Å²) in [5.41, 5.74) is 5.34. The lowest BCUT2D eigenvalue weighted by molar-refractivity contribution is -0.122. The van der Waals surface area contributed by atoms with Gasteiger partial charge in [-0.05, 0) is 13.8 Å². The molecule has 0 heterocycles. The quantitative estimate of drug-likeness (QED) is 0.460. The summed E-state index contributed by atoms with van der Waals surface area (Å²) in [5, 5.41) is 2.76. The molecule has 0 unspecified atom stereocenters. The first kappa shape index (κ1) is 17.3. The number of hydrogen-bond donors (Lipinski definition) is 2. The van der Waals surface area contributed by atoms with Crippen molar-refractivity contribution in [2.24, 2.45) is 5.73 Å². The Labute approximate surface area is 110 Å². The van der Waals surface area contributed by atoms with Crippen LogP contribution in [0.25, 0.3) is 0 Å². The molecule has 6 nitrogen and oxygen atoms in total. The SMILES string of the molecule is CCOCCN(CCOCC)CC(=O)NCCN. The standard InChI is InChI=1S/C12H27N3O3/c1-3-17-9-7-15(8-10-18-4-2)11-12(16)14-6-5-13/h3-11,13H2,1-2H3,(H,14,16). The largest absolute Gasteiger partial charge is 0.380 e. The molecule has 0 rings (SSSR count). The number of carbonyl (C=O) groups excluding carboxylic acids is 1. The van der Waals surface area contributed by atoms with Crippen LogP contribution in [0.5, 0.6) is 0 Å². The summed E-state index contributed by atoms with van der Waals surface area (Å²) in [6.07, 6.45) is 0. The van der Waals surface area contributed by atoms with Gasteiger partial charge in [0.2, 0.25) is 5.91 Å². The van der Waals surface area contributed by atoms with Crippen molar-refractivity contribution in [3.05, 3.63) is 0 Å². The van der Waals surface area contributed by atoms with Gasteiger partial charge in [0.1, 0.15) is 0 Å². The van der Waals surface area contributed by atoms with Gasteiger partial charge in [-0.3, -0.25) is 9.69 Å². The molecule has 6 heteroatoms. The van der Waals surface area contributed by atoms with Crippen molar-refractivity contribution in [1.29, 1.82) is 0 Å². The summed E-state index contributed by atoms with van der Waals surface area (Å²) < 4.78 is 10.6. The van der Waals surface area contributed by atoms with Gasteiger partial charge >= 0.3 is 0 Å². The van der Waals surface area contributed by atoms with Crippen molar-refractivity contribution in [2.75, 3.05) is 59.2 Å². The summed E-state index contributed by atoms with van der Waals surface area (Å²) in [7, 11) is 0. The van der Waals surface area contributed by atoms with Crippen LogP contribution in [0.2, 0.25) is 0 Å². The van der Waals surface area contributed by atoms with Crippen molar-refractivity contribution in [2.45, 2.75) is 13.8 Å². The molecule has 0 radical (unpaired) electrons. The average Bonchev–Trinajstić information content (AvgIpc) is 2.36. The number of nitrogens with two attached hydrogens (primary N) is 1. The summed E-state index contributed by atoms with van der Waals surface area (Å²) in [5.74, 6) is -0.00607. The smallest absolute Gasteiger partial charge is 0.234 e. The van der Waals surface area contributed by atoms with Crippen LogP contribution >= 0.6 is 0 Å². The molecule has 0 aliphatic heterocycles. The maximum Gasteiger partial charge on any atom is 0.234 e. The first-order chi connectivity index (χ1) is 8.74. The number of rotatable bonds is 12. The molecular weight excluding hydrogens is 234 g/mol. The van der Waals surface area contributed by atoms with Gasteiger partial charge < -0.3 is 20.5 Å². The Morgan fingerprint density at radius 2 is 1.72 bits per heavy atom. The molecule has 108 valence electrons. The van der Waals surface area contributed by atoms with Gasteiger partial charge in [-0.15, -0.1) is 0 Å². The summed E-state index contributed by atoms with van der Waals surface area (Å²) in [4.78, 5) is 13.6. The molecule has 0 spiro atoms. The minimum atomic E-state index is -0.00607. The Bertz CT molecular complexity index is 193. The van der Waals surface area contributed by atoms with Crippen molar-refractivity contribution in [1.82, 2.24) is 10.2 Å². The lowest BCUT2D eigenvalue weighted by atomic mass is 10.4. The Balaban J connectivity index is 3.89. The van der Waals surface area contributed by atoms with E-state index in [2.05, 4.69) is 5.32 Å². The van der Waals surface area contributed by atoms with Crippen LogP contribution in [0, 0.1) is 0 Å². The van der Waals surface area contributed by atoms with Gasteiger partial charge in [0.25, 0.3) is 0 Å². The molecule has 0 saturated heterocycles. The molecule has 0 bridgehead atoms. The summed E-state index contributed by atoms with van der Waals surface area (Å²) in [6, 6.07) is 0. The highest BCUT2D eigenvalue weighted by atomic mass is 16.5. The van der Waals surface area contributed by atoms with Crippen molar-refractivity contribution in [3.8, 4) is 0 Å². The second kappa shape index (κ2) is 12.8. The minimum absolute atomic E-state index is 0.00607. The zero-order chi connectivity index (χ0) is 13.6. The highest BCUT2D eigenvalue weighted by Crippen LogP contribution is 1.90. The number of carbonyl (C=O) groups is 1. The van der Waals surface area contributed by atoms with Gasteiger partial charge in [0, 0.05) is 39.4 Å². The predicted molar refractivity (Wildman–Crippen MR) is 71.5 cm³/mol. The van der Waals surface area contributed by atoms with Crippen LogP contribution in [0.4, 0.5) is 0 Å². The van der Waals surface area contributed by atoms with E-state index in [1.54, 1.807) is 0 Å². The number of nitrogens with zero attached hydrogens (tertiary/aromatic N) is 1. The number of ether oxygens (including phenoxy) is 2. The molecule has 0 aromatic carbocycles. The second-order valence-corrected chi connectivity index (χ2v) is 3.81. The predicted octanol–water partition coefficient (Wildman–Crippen LogP) is -0.564. The van der Waals surface area contributed by atoms with Crippen molar-refractivity contribution in [3.63, 3.8) is 0 Å². The summed E-state index contributed by atoms with van der Waals surface area (Å²) in [6.45, 7) is 9.37. The highest BCUT2D eigenvalue weighted by Gasteiger charge is 2.09. The van der Waals surface area contributed by atoms with E-state index in [1.165, 1.54) is 0 Å². The molecule has 0 saturated carbocycles. The van der Waals surface area contributed by atoms with E-state index >= 15 is 0 Å². The molecule has 18 heavy (non-hydrogen) atoms. The van der Waals surface area contributed by atoms with Crippen molar-refractivity contribution < 1.29 is 14.3 Å². The van der Waals surface area contributed by atoms with Crippen LogP contribution in [0.3, 0.4) is 0 Å². The first-order valence-corrected chi connectivity index (χ1v) is 6.59. The van der Waals surface area contributed by atoms with E-state index in [4.69, 9.17) is 15.2 Å². The third kappa shape index (κ3) is 10.5. The topological polar surface area (TPSA) is 76.8 Å². The van der Waals surface area contributed by atoms with Gasteiger partial charge in [0.15, 0.2) is 0 Å². The van der Waals surface area contributed by atoms with E-state index in [1.807, 2.05) is 18.7 Å². The Hall–Kier alpha value is -0.690. The Kier molecular flexibility index (Phi) is 12.3. The highest BCUT2D eigenvalue weighted by molar-refractivity contribution is 5.77. The van der Waals surface area contributed by atoms with E-state index in [9.17, 15) is 4.79 Å². The Morgan fingerprint density at radius 3 is 2.17 bits per heavy atom. The van der Waals surface area contributed by atoms with Crippen LogP contribution < -0.4 is 11.1 Å². The first-order valence-electron chi connectivity index (χ1n) is 6.59. The van der Waals surface area contributed by atoms with Crippen LogP contribution in [-0.2, 0) is 14.3 Å². The fourth-order valence-electron chi connectivity index (χ4n) is 1.42. The lowest BCUT2D eigenvalue weighted by Gasteiger charge is -2.21. The second-order valence-electron chi connectivity index (χ2n) is 3.81. The third-order valence-corrected chi connectivity index (χ3v) is 2.35. The molecule has 1 amide bonds. The molecule has 0 aromatic heterocycles. The van der Waals surface area contributed by atoms with E-state index < -0.39 is 0 Å². The average molecular weight is 261 g/mol. The molecule has 0 aliphatic carbocycles. The molecular formula is C12H27N3O3. The maximum absolute atomic E-state index is 11.6. The monoisotopic (exact) mass is 261 g/mol. The van der Waals surface area contributed by atoms with E-state index in [0.29, 0.717) is 46.1 Å². The number of nitrogens with one attached hydrogen (secondary N) is 1. The summed E-state index contributed by atoms with van der Waals surface area (Å²) >= 11 is 0. The molecule has 0 atom stereocenters. The normalized spacial score (nSPS) is 10.9. The number of amides is 1. The fraction of sp³-hybridized carbons (Fsp3) is 0.917. The molecule has 0 aromatic rings. The zero-order valence-corrected chi connectivity index (χ0v) is 11.6. The molecule has 0 fully saturated rings. The van der Waals surface area contributed by atoms with Crippen LogP contribution in [0.15, 0.2) is 0 Å². The van der Waals surface area contributed by atoms with E-state index in [0.717, 1.165) is 13.1 Å². The minimum Gasteiger partial charge on any atom is -0.380 e. The zero-order valence-electron chi connectivity index (χ0n) is 11.6. The molecule has 3 N–H and O–H groups in total. The van der Waals surface area contributed by atoms with Gasteiger partial charge in [0.05, 0.1) is 19.8 Å². The van der Waals surface area contributed by atoms with Crippen molar-refractivity contribution >= 4 is 5.91 Å². The van der Waals surface area contributed by atoms with E-state index in [-0.39, 0.29) is 5.91 Å². The van der Waals surface area contributed by atoms with Gasteiger partial charge in [-0.2, -0.15) is 0 Å². The fourth-order valence-corrected chi connectivity index (χ4v) is 1.42. The van der Waals surface area contributed by atoms with Gasteiger partial charge in [-0.25, -0.2) is 0 Å². The van der Waals surface area contributed by atoms with Crippen LogP contribution in [-0.4, -0.2) is 70.0 Å². The van der Waals surface area contributed by atoms with Gasteiger partial charge in [-0.1, -0.05) is 0 Å². The molecule has 0 aliphatic rings. The lowest BCUT2D eigenvalue weighted by Crippen LogP contribution is -2.41. The Morgan fingerprint density at radius 1 is 1.17 bits per heavy atom. The van der Waals surface area contributed by atoms with Crippen LogP contribution in [0.1, 0.15) is 13.8 Å². The number of hydrogen-bond acceptors (Lipinski definition) is 5. The third-order valence-electron chi connectivity index (χ3n) is 2.35.